The van der Waals surface area contributed by atoms with E-state index in [0.717, 1.165) is 32.1 Å². The van der Waals surface area contributed by atoms with Crippen molar-refractivity contribution in [3.8, 4) is 0 Å². The van der Waals surface area contributed by atoms with Gasteiger partial charge in [-0.3, -0.25) is 0 Å². The Morgan fingerprint density at radius 2 is 1.67 bits per heavy atom. The van der Waals surface area contributed by atoms with Crippen molar-refractivity contribution in [3.05, 3.63) is 29.6 Å². The zero-order valence-corrected chi connectivity index (χ0v) is 11.8. The monoisotopic (exact) mass is 299 g/mol. The van der Waals surface area contributed by atoms with Gasteiger partial charge in [0.25, 0.3) is 0 Å². The lowest BCUT2D eigenvalue weighted by molar-refractivity contribution is -0.0836. The van der Waals surface area contributed by atoms with Crippen LogP contribution in [0.5, 0.6) is 0 Å². The molecule has 0 heterocycles. The topological polar surface area (TPSA) is 32.3 Å². The molecule has 2 fully saturated rings. The van der Waals surface area contributed by atoms with Gasteiger partial charge in [0.2, 0.25) is 0 Å². The molecule has 1 unspecified atom stereocenters. The predicted octanol–water partition coefficient (Wildman–Crippen LogP) is 3.99. The molecule has 3 atom stereocenters. The van der Waals surface area contributed by atoms with Gasteiger partial charge in [0, 0.05) is 12.1 Å². The van der Waals surface area contributed by atoms with Crippen molar-refractivity contribution in [1.82, 2.24) is 0 Å². The second kappa shape index (κ2) is 5.52. The molecular weight excluding hydrogens is 279 g/mol. The summed E-state index contributed by atoms with van der Waals surface area (Å²) in [6.07, 6.45) is 6.20. The lowest BCUT2D eigenvalue weighted by atomic mass is 9.65. The Balaban J connectivity index is 1.86. The van der Waals surface area contributed by atoms with Crippen molar-refractivity contribution in [2.24, 2.45) is 5.92 Å². The maximum absolute atomic E-state index is 13.8. The summed E-state index contributed by atoms with van der Waals surface area (Å²) in [5, 5.41) is 13.8. The van der Waals surface area contributed by atoms with Gasteiger partial charge in [-0.05, 0) is 31.6 Å². The summed E-state index contributed by atoms with van der Waals surface area (Å²) >= 11 is 0. The molecule has 1 aromatic rings. The highest BCUT2D eigenvalue weighted by atomic mass is 19.1. The van der Waals surface area contributed by atoms with Crippen LogP contribution >= 0.6 is 0 Å². The highest BCUT2D eigenvalue weighted by Gasteiger charge is 2.47. The van der Waals surface area contributed by atoms with Crippen molar-refractivity contribution in [1.29, 1.82) is 0 Å². The van der Waals surface area contributed by atoms with Crippen molar-refractivity contribution < 1.29 is 18.3 Å². The Morgan fingerprint density at radius 1 is 1.00 bits per heavy atom. The largest absolute Gasteiger partial charge is 0.387 e. The van der Waals surface area contributed by atoms with E-state index >= 15 is 0 Å². The van der Waals surface area contributed by atoms with E-state index in [2.05, 4.69) is 5.32 Å². The molecule has 2 saturated carbocycles. The van der Waals surface area contributed by atoms with Crippen LogP contribution in [0, 0.1) is 23.4 Å². The molecule has 3 rings (SSSR count). The van der Waals surface area contributed by atoms with Crippen LogP contribution in [0.25, 0.3) is 0 Å². The number of hydrogen-bond donors (Lipinski definition) is 2. The number of nitrogens with one attached hydrogen (secondary N) is 1. The van der Waals surface area contributed by atoms with E-state index in [0.29, 0.717) is 25.0 Å². The van der Waals surface area contributed by atoms with Crippen molar-refractivity contribution >= 4 is 5.69 Å². The Labute approximate surface area is 122 Å². The molecule has 0 radical (unpaired) electrons. The van der Waals surface area contributed by atoms with E-state index in [4.69, 9.17) is 0 Å². The fourth-order valence-corrected chi connectivity index (χ4v) is 3.98. The first-order valence-corrected chi connectivity index (χ1v) is 7.64. The highest BCUT2D eigenvalue weighted by molar-refractivity contribution is 5.48. The van der Waals surface area contributed by atoms with E-state index in [1.165, 1.54) is 0 Å². The molecule has 2 N–H and O–H groups in total. The Hall–Kier alpha value is -1.23. The first-order chi connectivity index (χ1) is 10.0. The third-order valence-electron chi connectivity index (χ3n) is 5.06. The van der Waals surface area contributed by atoms with E-state index in [1.807, 2.05) is 0 Å². The quantitative estimate of drug-likeness (QED) is 0.865. The minimum absolute atomic E-state index is 0.184. The van der Waals surface area contributed by atoms with E-state index < -0.39 is 23.1 Å². The molecule has 0 amide bonds. The predicted molar refractivity (Wildman–Crippen MR) is 74.5 cm³/mol. The van der Waals surface area contributed by atoms with Crippen LogP contribution in [0.1, 0.15) is 44.9 Å². The average Bonchev–Trinajstić information content (AvgIpc) is 2.42. The van der Waals surface area contributed by atoms with Gasteiger partial charge in [0.1, 0.15) is 11.5 Å². The SMILES string of the molecule is O[C@]12CCCC[C@@H]1CCCC2Nc1c(F)cc(F)cc1F. The maximum atomic E-state index is 13.8. The Morgan fingerprint density at radius 3 is 2.38 bits per heavy atom. The maximum Gasteiger partial charge on any atom is 0.152 e. The summed E-state index contributed by atoms with van der Waals surface area (Å²) < 4.78 is 40.6. The highest BCUT2D eigenvalue weighted by Crippen LogP contribution is 2.45. The third-order valence-corrected chi connectivity index (χ3v) is 5.06. The molecule has 2 aliphatic rings. The van der Waals surface area contributed by atoms with Gasteiger partial charge in [0.05, 0.1) is 11.6 Å². The van der Waals surface area contributed by atoms with E-state index in [-0.39, 0.29) is 17.6 Å². The summed E-state index contributed by atoms with van der Waals surface area (Å²) in [6.45, 7) is 0. The molecular formula is C16H20F3NO. The zero-order chi connectivity index (χ0) is 15.0. The van der Waals surface area contributed by atoms with Crippen LogP contribution in [0.2, 0.25) is 0 Å². The molecule has 21 heavy (non-hydrogen) atoms. The van der Waals surface area contributed by atoms with Crippen LogP contribution in [-0.4, -0.2) is 16.7 Å². The minimum atomic E-state index is -0.950. The molecule has 0 aliphatic heterocycles. The van der Waals surface area contributed by atoms with Gasteiger partial charge < -0.3 is 10.4 Å². The van der Waals surface area contributed by atoms with Crippen LogP contribution < -0.4 is 5.32 Å². The van der Waals surface area contributed by atoms with Gasteiger partial charge in [0.15, 0.2) is 11.6 Å². The summed E-state index contributed by atoms with van der Waals surface area (Å²) in [6, 6.07) is 0.943. The molecule has 0 saturated heterocycles. The van der Waals surface area contributed by atoms with Crippen LogP contribution in [-0.2, 0) is 0 Å². The second-order valence-electron chi connectivity index (χ2n) is 6.31. The second-order valence-corrected chi connectivity index (χ2v) is 6.31. The van der Waals surface area contributed by atoms with E-state index in [1.54, 1.807) is 0 Å². The first-order valence-electron chi connectivity index (χ1n) is 7.64. The number of benzene rings is 1. The Kier molecular flexibility index (Phi) is 3.86. The molecule has 2 nitrogen and oxygen atoms in total. The summed E-state index contributed by atoms with van der Waals surface area (Å²) in [5.74, 6) is -2.65. The van der Waals surface area contributed by atoms with Gasteiger partial charge in [-0.1, -0.05) is 19.3 Å². The molecule has 0 bridgehead atoms. The zero-order valence-electron chi connectivity index (χ0n) is 11.8. The Bertz CT molecular complexity index is 511. The summed E-state index contributed by atoms with van der Waals surface area (Å²) in [7, 11) is 0. The lowest BCUT2D eigenvalue weighted by Gasteiger charge is -2.49. The third kappa shape index (κ3) is 2.63. The summed E-state index contributed by atoms with van der Waals surface area (Å²) in [4.78, 5) is 0. The number of fused-ring (bicyclic) bond motifs is 1. The van der Waals surface area contributed by atoms with Crippen molar-refractivity contribution in [3.63, 3.8) is 0 Å². The van der Waals surface area contributed by atoms with Gasteiger partial charge in [-0.2, -0.15) is 0 Å². The first kappa shape index (κ1) is 14.7. The number of hydrogen-bond acceptors (Lipinski definition) is 2. The summed E-state index contributed by atoms with van der Waals surface area (Å²) in [5.41, 5.74) is -1.25. The molecule has 116 valence electrons. The smallest absolute Gasteiger partial charge is 0.152 e. The van der Waals surface area contributed by atoms with Crippen molar-refractivity contribution in [2.45, 2.75) is 56.6 Å². The fraction of sp³-hybridized carbons (Fsp3) is 0.625. The minimum Gasteiger partial charge on any atom is -0.387 e. The number of anilines is 1. The van der Waals surface area contributed by atoms with Crippen LogP contribution in [0.15, 0.2) is 12.1 Å². The molecule has 2 aliphatic carbocycles. The van der Waals surface area contributed by atoms with Crippen molar-refractivity contribution in [2.75, 3.05) is 5.32 Å². The molecule has 1 aromatic carbocycles. The lowest BCUT2D eigenvalue weighted by Crippen LogP contribution is -2.56. The van der Waals surface area contributed by atoms with E-state index in [9.17, 15) is 18.3 Å². The molecule has 5 heteroatoms. The van der Waals surface area contributed by atoms with Gasteiger partial charge in [-0.15, -0.1) is 0 Å². The standard InChI is InChI=1S/C16H20F3NO/c17-11-8-12(18)15(13(19)9-11)20-14-6-3-5-10-4-1-2-7-16(10,14)21/h8-10,14,20-21H,1-7H2/t10-,14?,16-/m1/s1. The fourth-order valence-electron chi connectivity index (χ4n) is 3.98. The van der Waals surface area contributed by atoms with Gasteiger partial charge in [-0.25, -0.2) is 13.2 Å². The number of rotatable bonds is 2. The van der Waals surface area contributed by atoms with Gasteiger partial charge >= 0.3 is 0 Å². The average molecular weight is 299 g/mol. The number of aliphatic hydroxyl groups is 1. The van der Waals surface area contributed by atoms with Crippen LogP contribution in [0.3, 0.4) is 0 Å². The molecule has 0 aromatic heterocycles. The van der Waals surface area contributed by atoms with Crippen LogP contribution in [0.4, 0.5) is 18.9 Å². The normalized spacial score (nSPS) is 32.6. The molecule has 0 spiro atoms. The number of halogens is 3.